The lowest BCUT2D eigenvalue weighted by molar-refractivity contribution is -0.122. The molecule has 1 heterocycles. The Bertz CT molecular complexity index is 637. The Morgan fingerprint density at radius 3 is 2.65 bits per heavy atom. The van der Waals surface area contributed by atoms with Crippen LogP contribution in [0.5, 0.6) is 0 Å². The minimum absolute atomic E-state index is 0. The summed E-state index contributed by atoms with van der Waals surface area (Å²) < 4.78 is 0. The van der Waals surface area contributed by atoms with Crippen molar-refractivity contribution in [2.75, 3.05) is 5.32 Å². The minimum Gasteiger partial charge on any atom is -0.326 e. The number of aromatic amines is 1. The molecule has 1 fully saturated rings. The summed E-state index contributed by atoms with van der Waals surface area (Å²) in [7, 11) is 0. The fourth-order valence-electron chi connectivity index (χ4n) is 3.17. The predicted molar refractivity (Wildman–Crippen MR) is 94.5 cm³/mol. The summed E-state index contributed by atoms with van der Waals surface area (Å²) in [6, 6.07) is 9.66. The van der Waals surface area contributed by atoms with E-state index in [4.69, 9.17) is 5.73 Å². The highest BCUT2D eigenvalue weighted by atomic mass is 35.5. The highest BCUT2D eigenvalue weighted by molar-refractivity contribution is 5.93. The van der Waals surface area contributed by atoms with Crippen LogP contribution in [0.25, 0.3) is 11.3 Å². The molecular formula is C17H23ClN4O. The second kappa shape index (κ2) is 7.15. The largest absolute Gasteiger partial charge is 0.326 e. The van der Waals surface area contributed by atoms with E-state index in [0.29, 0.717) is 0 Å². The zero-order valence-electron chi connectivity index (χ0n) is 13.2. The number of carbonyl (C=O) groups excluding carboxylic acids is 1. The molecule has 0 radical (unpaired) electrons. The third-order valence-electron chi connectivity index (χ3n) is 4.53. The van der Waals surface area contributed by atoms with E-state index in [0.717, 1.165) is 42.6 Å². The number of hydrogen-bond acceptors (Lipinski definition) is 3. The minimum atomic E-state index is -0.405. The third-order valence-corrected chi connectivity index (χ3v) is 4.53. The summed E-state index contributed by atoms with van der Waals surface area (Å²) in [6.45, 7) is 1.98. The summed E-state index contributed by atoms with van der Waals surface area (Å²) in [5, 5.41) is 9.86. The van der Waals surface area contributed by atoms with Gasteiger partial charge in [0.05, 0.1) is 11.6 Å². The molecule has 2 aromatic rings. The van der Waals surface area contributed by atoms with Crippen molar-refractivity contribution in [1.29, 1.82) is 0 Å². The predicted octanol–water partition coefficient (Wildman–Crippen LogP) is 3.34. The van der Waals surface area contributed by atoms with Crippen LogP contribution >= 0.6 is 12.4 Å². The molecule has 1 aromatic heterocycles. The van der Waals surface area contributed by atoms with Crippen LogP contribution in [0.4, 0.5) is 5.69 Å². The van der Waals surface area contributed by atoms with Crippen LogP contribution in [0.3, 0.4) is 0 Å². The van der Waals surface area contributed by atoms with Gasteiger partial charge in [0.1, 0.15) is 0 Å². The number of hydrogen-bond donors (Lipinski definition) is 3. The van der Waals surface area contributed by atoms with Gasteiger partial charge < -0.3 is 11.1 Å². The Morgan fingerprint density at radius 2 is 2.04 bits per heavy atom. The Hall–Kier alpha value is -1.85. The van der Waals surface area contributed by atoms with Gasteiger partial charge in [-0.05, 0) is 43.5 Å². The average Bonchev–Trinajstić information content (AvgIpc) is 3.01. The quantitative estimate of drug-likeness (QED) is 0.804. The number of anilines is 1. The van der Waals surface area contributed by atoms with E-state index in [1.54, 1.807) is 6.20 Å². The second-order valence-electron chi connectivity index (χ2n) is 6.34. The van der Waals surface area contributed by atoms with Crippen LogP contribution in [0.1, 0.15) is 32.6 Å². The molecule has 3 rings (SSSR count). The Labute approximate surface area is 142 Å². The molecule has 1 aliphatic carbocycles. The van der Waals surface area contributed by atoms with Gasteiger partial charge in [-0.2, -0.15) is 5.10 Å². The summed E-state index contributed by atoms with van der Waals surface area (Å²) in [6.07, 6.45) is 5.67. The first-order valence-electron chi connectivity index (χ1n) is 7.76. The molecule has 4 N–H and O–H groups in total. The highest BCUT2D eigenvalue weighted by Crippen LogP contribution is 2.32. The van der Waals surface area contributed by atoms with Gasteiger partial charge in [-0.3, -0.25) is 9.89 Å². The maximum Gasteiger partial charge on any atom is 0.229 e. The van der Waals surface area contributed by atoms with E-state index in [1.165, 1.54) is 0 Å². The zero-order chi connectivity index (χ0) is 15.6. The molecule has 1 amide bonds. The molecule has 1 saturated carbocycles. The number of nitrogens with zero attached hydrogens (tertiary/aromatic N) is 1. The van der Waals surface area contributed by atoms with Crippen LogP contribution in [-0.2, 0) is 4.79 Å². The van der Waals surface area contributed by atoms with Gasteiger partial charge in [0.25, 0.3) is 0 Å². The van der Waals surface area contributed by atoms with Crippen molar-refractivity contribution in [2.24, 2.45) is 11.7 Å². The number of halogens is 1. The summed E-state index contributed by atoms with van der Waals surface area (Å²) in [5.74, 6) is -0.0903. The van der Waals surface area contributed by atoms with Crippen LogP contribution in [-0.4, -0.2) is 21.6 Å². The molecule has 2 atom stereocenters. The molecule has 6 heteroatoms. The fraction of sp³-hybridized carbons (Fsp3) is 0.412. The molecular weight excluding hydrogens is 312 g/mol. The van der Waals surface area contributed by atoms with E-state index in [-0.39, 0.29) is 24.2 Å². The van der Waals surface area contributed by atoms with E-state index in [1.807, 2.05) is 37.3 Å². The number of aromatic nitrogens is 2. The van der Waals surface area contributed by atoms with Crippen molar-refractivity contribution >= 4 is 24.0 Å². The topological polar surface area (TPSA) is 83.8 Å². The number of amides is 1. The molecule has 0 saturated heterocycles. The van der Waals surface area contributed by atoms with Crippen molar-refractivity contribution in [3.63, 3.8) is 0 Å². The smallest absolute Gasteiger partial charge is 0.229 e. The number of carbonyl (C=O) groups is 1. The van der Waals surface area contributed by atoms with Crippen molar-refractivity contribution in [2.45, 2.75) is 38.1 Å². The van der Waals surface area contributed by atoms with Gasteiger partial charge in [-0.15, -0.1) is 12.4 Å². The highest BCUT2D eigenvalue weighted by Gasteiger charge is 2.37. The lowest BCUT2D eigenvalue weighted by Crippen LogP contribution is -2.51. The molecule has 0 spiro atoms. The normalized spacial score (nSPS) is 23.8. The molecule has 2 unspecified atom stereocenters. The molecule has 0 aliphatic heterocycles. The molecule has 5 nitrogen and oxygen atoms in total. The second-order valence-corrected chi connectivity index (χ2v) is 6.34. The Morgan fingerprint density at radius 1 is 1.30 bits per heavy atom. The van der Waals surface area contributed by atoms with Crippen molar-refractivity contribution in [3.05, 3.63) is 36.5 Å². The first-order chi connectivity index (χ1) is 10.6. The van der Waals surface area contributed by atoms with Crippen molar-refractivity contribution in [3.8, 4) is 11.3 Å². The van der Waals surface area contributed by atoms with Gasteiger partial charge in [0, 0.05) is 17.4 Å². The fourth-order valence-corrected chi connectivity index (χ4v) is 3.17. The van der Waals surface area contributed by atoms with E-state index in [2.05, 4.69) is 15.5 Å². The van der Waals surface area contributed by atoms with E-state index >= 15 is 0 Å². The molecule has 1 aliphatic rings. The molecule has 124 valence electrons. The lowest BCUT2D eigenvalue weighted by atomic mass is 9.74. The maximum atomic E-state index is 12.5. The Balaban J connectivity index is 0.00000192. The van der Waals surface area contributed by atoms with Crippen LogP contribution < -0.4 is 11.1 Å². The van der Waals surface area contributed by atoms with Gasteiger partial charge >= 0.3 is 0 Å². The SMILES string of the molecule is CC1(N)CCCCC1C(=O)Nc1ccc(-c2ccn[nH]2)cc1.Cl. The first kappa shape index (κ1) is 17.5. The zero-order valence-corrected chi connectivity index (χ0v) is 14.0. The Kier molecular flexibility index (Phi) is 5.44. The summed E-state index contributed by atoms with van der Waals surface area (Å²) in [5.41, 5.74) is 8.69. The number of benzene rings is 1. The third kappa shape index (κ3) is 3.92. The molecule has 1 aromatic carbocycles. The van der Waals surface area contributed by atoms with Gasteiger partial charge in [0.15, 0.2) is 0 Å². The maximum absolute atomic E-state index is 12.5. The van der Waals surface area contributed by atoms with E-state index < -0.39 is 5.54 Å². The molecule has 0 bridgehead atoms. The monoisotopic (exact) mass is 334 g/mol. The summed E-state index contributed by atoms with van der Waals surface area (Å²) >= 11 is 0. The van der Waals surface area contributed by atoms with Crippen molar-refractivity contribution < 1.29 is 4.79 Å². The number of rotatable bonds is 3. The van der Waals surface area contributed by atoms with Gasteiger partial charge in [0.2, 0.25) is 5.91 Å². The van der Waals surface area contributed by atoms with Gasteiger partial charge in [-0.1, -0.05) is 25.0 Å². The van der Waals surface area contributed by atoms with Crippen LogP contribution in [0.2, 0.25) is 0 Å². The first-order valence-corrected chi connectivity index (χ1v) is 7.76. The number of nitrogens with one attached hydrogen (secondary N) is 2. The van der Waals surface area contributed by atoms with Gasteiger partial charge in [-0.25, -0.2) is 0 Å². The number of nitrogens with two attached hydrogens (primary N) is 1. The van der Waals surface area contributed by atoms with E-state index in [9.17, 15) is 4.79 Å². The average molecular weight is 335 g/mol. The van der Waals surface area contributed by atoms with Crippen LogP contribution in [0.15, 0.2) is 36.5 Å². The molecule has 23 heavy (non-hydrogen) atoms. The number of H-pyrrole nitrogens is 1. The standard InChI is InChI=1S/C17H22N4O.ClH/c1-17(18)10-3-2-4-14(17)16(22)20-13-7-5-12(6-8-13)15-9-11-19-21-15;/h5-9,11,14H,2-4,10,18H2,1H3,(H,19,21)(H,20,22);1H. The van der Waals surface area contributed by atoms with Crippen LogP contribution in [0, 0.1) is 5.92 Å². The van der Waals surface area contributed by atoms with Crippen molar-refractivity contribution in [1.82, 2.24) is 10.2 Å². The summed E-state index contributed by atoms with van der Waals surface area (Å²) in [4.78, 5) is 12.5. The lowest BCUT2D eigenvalue weighted by Gasteiger charge is -2.37.